The van der Waals surface area contributed by atoms with Gasteiger partial charge in [0.05, 0.1) is 15.8 Å². The van der Waals surface area contributed by atoms with E-state index in [1.807, 2.05) is 20.0 Å². The molecular weight excluding hydrogens is 274 g/mol. The largest absolute Gasteiger partial charge is 0.291 e. The van der Waals surface area contributed by atoms with Crippen LogP contribution in [0.25, 0.3) is 0 Å². The smallest absolute Gasteiger partial charge is 0.202 e. The third kappa shape index (κ3) is 2.10. The fraction of sp³-hybridized carbons (Fsp3) is 0.467. The number of hydroxylamine groups is 2. The van der Waals surface area contributed by atoms with Gasteiger partial charge in [0.25, 0.3) is 0 Å². The van der Waals surface area contributed by atoms with Crippen LogP contribution >= 0.6 is 0 Å². The maximum atomic E-state index is 12.9. The van der Waals surface area contributed by atoms with Crippen LogP contribution in [-0.2, 0) is 14.7 Å². The third-order valence-corrected chi connectivity index (χ3v) is 6.12. The minimum absolute atomic E-state index is 0.104. The Bertz CT molecular complexity index is 636. The molecule has 0 N–H and O–H groups in total. The Kier molecular flexibility index (Phi) is 3.44. The van der Waals surface area contributed by atoms with Crippen molar-refractivity contribution >= 4 is 9.84 Å². The highest BCUT2D eigenvalue weighted by atomic mass is 32.2. The summed E-state index contributed by atoms with van der Waals surface area (Å²) in [6.07, 6.45) is 2.31. The zero-order chi connectivity index (χ0) is 14.3. The van der Waals surface area contributed by atoms with Gasteiger partial charge in [-0.1, -0.05) is 18.2 Å². The van der Waals surface area contributed by atoms with Crippen molar-refractivity contribution in [3.8, 4) is 0 Å². The monoisotopic (exact) mass is 293 g/mol. The van der Waals surface area contributed by atoms with Crippen molar-refractivity contribution < 1.29 is 13.3 Å². The van der Waals surface area contributed by atoms with E-state index in [1.54, 1.807) is 29.3 Å². The molecule has 1 aromatic carbocycles. The molecule has 0 bridgehead atoms. The molecule has 1 saturated heterocycles. The van der Waals surface area contributed by atoms with Gasteiger partial charge < -0.3 is 0 Å². The first-order chi connectivity index (χ1) is 9.51. The Hall–Kier alpha value is -1.17. The molecule has 1 aromatic rings. The van der Waals surface area contributed by atoms with Gasteiger partial charge in [0.15, 0.2) is 0 Å². The summed E-state index contributed by atoms with van der Waals surface area (Å²) in [5.74, 6) is 0. The molecule has 0 amide bonds. The Balaban J connectivity index is 2.13. The van der Waals surface area contributed by atoms with E-state index in [4.69, 9.17) is 4.84 Å². The molecule has 2 atom stereocenters. The first-order valence-corrected chi connectivity index (χ1v) is 8.43. The molecule has 0 spiro atoms. The van der Waals surface area contributed by atoms with E-state index in [0.717, 1.165) is 18.4 Å². The molecule has 1 fully saturated rings. The van der Waals surface area contributed by atoms with Gasteiger partial charge in [-0.3, -0.25) is 4.84 Å². The van der Waals surface area contributed by atoms with E-state index < -0.39 is 9.84 Å². The van der Waals surface area contributed by atoms with E-state index in [2.05, 4.69) is 0 Å². The van der Waals surface area contributed by atoms with Crippen LogP contribution in [-0.4, -0.2) is 32.7 Å². The SMILES string of the molecule is CC1ON(C)C2CCCC(S(=O)(=O)c3ccccc3)=C12. The highest BCUT2D eigenvalue weighted by molar-refractivity contribution is 7.95. The number of rotatable bonds is 2. The average Bonchev–Trinajstić information content (AvgIpc) is 2.75. The molecule has 2 aliphatic rings. The van der Waals surface area contributed by atoms with Crippen molar-refractivity contribution in [1.29, 1.82) is 0 Å². The first-order valence-electron chi connectivity index (χ1n) is 6.94. The molecule has 20 heavy (non-hydrogen) atoms. The summed E-state index contributed by atoms with van der Waals surface area (Å²) < 4.78 is 25.7. The Morgan fingerprint density at radius 3 is 2.65 bits per heavy atom. The summed E-state index contributed by atoms with van der Waals surface area (Å²) in [5, 5.41) is 1.81. The summed E-state index contributed by atoms with van der Waals surface area (Å²) in [4.78, 5) is 6.63. The van der Waals surface area contributed by atoms with Crippen LogP contribution in [0.3, 0.4) is 0 Å². The molecule has 1 aliphatic heterocycles. The standard InChI is InChI=1S/C15H19NO3S/c1-11-15-13(16(2)19-11)9-6-10-14(15)20(17,18)12-7-4-3-5-8-12/h3-5,7-8,11,13H,6,9-10H2,1-2H3. The van der Waals surface area contributed by atoms with Crippen LogP contribution in [0, 0.1) is 0 Å². The molecule has 0 saturated carbocycles. The number of benzene rings is 1. The maximum absolute atomic E-state index is 12.9. The van der Waals surface area contributed by atoms with Crippen LogP contribution in [0.2, 0.25) is 0 Å². The number of likely N-dealkylation sites (N-methyl/N-ethyl adjacent to an activating group) is 1. The Morgan fingerprint density at radius 1 is 1.25 bits per heavy atom. The van der Waals surface area contributed by atoms with E-state index in [9.17, 15) is 8.42 Å². The lowest BCUT2D eigenvalue weighted by Gasteiger charge is -2.25. The highest BCUT2D eigenvalue weighted by Crippen LogP contribution is 2.40. The van der Waals surface area contributed by atoms with Gasteiger partial charge in [-0.05, 0) is 43.9 Å². The molecule has 108 valence electrons. The van der Waals surface area contributed by atoms with Gasteiger partial charge in [0, 0.05) is 7.05 Å². The molecule has 1 heterocycles. The molecular formula is C15H19NO3S. The quantitative estimate of drug-likeness (QED) is 0.840. The van der Waals surface area contributed by atoms with Gasteiger partial charge in [0.1, 0.15) is 6.10 Å². The second kappa shape index (κ2) is 4.98. The number of hydrogen-bond acceptors (Lipinski definition) is 4. The summed E-state index contributed by atoms with van der Waals surface area (Å²) in [6.45, 7) is 1.93. The van der Waals surface area contributed by atoms with E-state index in [1.165, 1.54) is 0 Å². The highest BCUT2D eigenvalue weighted by Gasteiger charge is 2.41. The van der Waals surface area contributed by atoms with Crippen LogP contribution in [0.5, 0.6) is 0 Å². The topological polar surface area (TPSA) is 46.6 Å². The Morgan fingerprint density at radius 2 is 1.95 bits per heavy atom. The summed E-state index contributed by atoms with van der Waals surface area (Å²) in [5.41, 5.74) is 0.947. The molecule has 1 aliphatic carbocycles. The summed E-state index contributed by atoms with van der Waals surface area (Å²) in [7, 11) is -1.52. The fourth-order valence-corrected chi connectivity index (χ4v) is 5.05. The van der Waals surface area contributed by atoms with Gasteiger partial charge in [0.2, 0.25) is 9.84 Å². The van der Waals surface area contributed by atoms with Crippen molar-refractivity contribution in [2.45, 2.75) is 43.2 Å². The van der Waals surface area contributed by atoms with Crippen LogP contribution < -0.4 is 0 Å². The van der Waals surface area contributed by atoms with Gasteiger partial charge in [-0.25, -0.2) is 8.42 Å². The molecule has 5 heteroatoms. The zero-order valence-electron chi connectivity index (χ0n) is 11.7. The maximum Gasteiger partial charge on any atom is 0.202 e. The molecule has 0 aromatic heterocycles. The van der Waals surface area contributed by atoms with E-state index in [0.29, 0.717) is 16.2 Å². The summed E-state index contributed by atoms with van der Waals surface area (Å²) >= 11 is 0. The van der Waals surface area contributed by atoms with Crippen molar-refractivity contribution in [2.24, 2.45) is 0 Å². The first kappa shape index (κ1) is 13.8. The van der Waals surface area contributed by atoms with Gasteiger partial charge in [-0.15, -0.1) is 0 Å². The van der Waals surface area contributed by atoms with Crippen LogP contribution in [0.15, 0.2) is 45.7 Å². The van der Waals surface area contributed by atoms with Crippen LogP contribution in [0.1, 0.15) is 26.2 Å². The second-order valence-electron chi connectivity index (χ2n) is 5.40. The fourth-order valence-electron chi connectivity index (χ4n) is 3.23. The predicted octanol–water partition coefficient (Wildman–Crippen LogP) is 2.53. The molecule has 0 radical (unpaired) electrons. The van der Waals surface area contributed by atoms with E-state index in [-0.39, 0.29) is 12.1 Å². The molecule has 2 unspecified atom stereocenters. The molecule has 4 nitrogen and oxygen atoms in total. The zero-order valence-corrected chi connectivity index (χ0v) is 12.6. The Labute approximate surface area is 119 Å². The van der Waals surface area contributed by atoms with Crippen molar-refractivity contribution in [3.05, 3.63) is 40.8 Å². The minimum Gasteiger partial charge on any atom is -0.291 e. The van der Waals surface area contributed by atoms with Gasteiger partial charge >= 0.3 is 0 Å². The summed E-state index contributed by atoms with van der Waals surface area (Å²) in [6, 6.07) is 8.79. The van der Waals surface area contributed by atoms with Gasteiger partial charge in [-0.2, -0.15) is 5.06 Å². The van der Waals surface area contributed by atoms with Crippen LogP contribution in [0.4, 0.5) is 0 Å². The minimum atomic E-state index is -3.40. The third-order valence-electron chi connectivity index (χ3n) is 4.14. The van der Waals surface area contributed by atoms with Crippen molar-refractivity contribution in [1.82, 2.24) is 5.06 Å². The van der Waals surface area contributed by atoms with Crippen molar-refractivity contribution in [3.63, 3.8) is 0 Å². The van der Waals surface area contributed by atoms with Crippen molar-refractivity contribution in [2.75, 3.05) is 7.05 Å². The lowest BCUT2D eigenvalue weighted by Crippen LogP contribution is -2.29. The second-order valence-corrected chi connectivity index (χ2v) is 7.37. The average molecular weight is 293 g/mol. The lowest BCUT2D eigenvalue weighted by atomic mass is 9.92. The van der Waals surface area contributed by atoms with E-state index >= 15 is 0 Å². The normalized spacial score (nSPS) is 27.7. The number of sulfone groups is 1. The lowest BCUT2D eigenvalue weighted by molar-refractivity contribution is -0.138. The molecule has 3 rings (SSSR count). The predicted molar refractivity (Wildman–Crippen MR) is 76.6 cm³/mol. The number of hydrogen-bond donors (Lipinski definition) is 0. The number of fused-ring (bicyclic) bond motifs is 1. The number of nitrogens with zero attached hydrogens (tertiary/aromatic N) is 1. The number of allylic oxidation sites excluding steroid dienone is 1.